The van der Waals surface area contributed by atoms with E-state index < -0.39 is 10.2 Å². The number of nitrogens with one attached hydrogen (secondary N) is 1. The first-order valence-electron chi connectivity index (χ1n) is 7.27. The highest BCUT2D eigenvalue weighted by Crippen LogP contribution is 2.34. The average Bonchev–Trinajstić information content (AvgIpc) is 3.07. The van der Waals surface area contributed by atoms with E-state index in [0.717, 1.165) is 36.4 Å². The number of hydrogen-bond acceptors (Lipinski definition) is 3. The van der Waals surface area contributed by atoms with Crippen molar-refractivity contribution in [2.75, 3.05) is 35.4 Å². The summed E-state index contributed by atoms with van der Waals surface area (Å²) in [4.78, 5) is 2.33. The second kappa shape index (κ2) is 5.26. The van der Waals surface area contributed by atoms with Crippen LogP contribution in [0, 0.1) is 0 Å². The molecule has 0 spiro atoms. The number of hydrogen-bond donors (Lipinski definition) is 1. The summed E-state index contributed by atoms with van der Waals surface area (Å²) in [5, 5.41) is 0. The smallest absolute Gasteiger partial charge is 0.301 e. The maximum atomic E-state index is 12.2. The van der Waals surface area contributed by atoms with Gasteiger partial charge in [-0.05, 0) is 37.0 Å². The molecule has 0 aliphatic carbocycles. The van der Waals surface area contributed by atoms with Crippen molar-refractivity contribution in [1.29, 1.82) is 0 Å². The number of fused-ring (bicyclic) bond motifs is 1. The third-order valence-electron chi connectivity index (χ3n) is 4.01. The summed E-state index contributed by atoms with van der Waals surface area (Å²) in [5.41, 5.74) is 3.10. The van der Waals surface area contributed by atoms with E-state index in [0.29, 0.717) is 13.1 Å². The Kier molecular flexibility index (Phi) is 3.60. The minimum atomic E-state index is -3.40. The molecule has 1 saturated heterocycles. The second-order valence-corrected chi connectivity index (χ2v) is 7.01. The zero-order chi connectivity index (χ0) is 14.2. The lowest BCUT2D eigenvalue weighted by Crippen LogP contribution is -2.39. The Morgan fingerprint density at radius 1 is 1.20 bits per heavy atom. The van der Waals surface area contributed by atoms with Gasteiger partial charge >= 0.3 is 10.2 Å². The molecular weight excluding hydrogens is 274 g/mol. The summed E-state index contributed by atoms with van der Waals surface area (Å²) in [6.07, 6.45) is 3.23. The molecule has 20 heavy (non-hydrogen) atoms. The van der Waals surface area contributed by atoms with Crippen LogP contribution in [0.3, 0.4) is 0 Å². The van der Waals surface area contributed by atoms with Crippen LogP contribution in [-0.2, 0) is 16.6 Å². The van der Waals surface area contributed by atoms with Crippen LogP contribution in [0.25, 0.3) is 0 Å². The molecule has 3 rings (SSSR count). The summed E-state index contributed by atoms with van der Waals surface area (Å²) in [5.74, 6) is 0. The van der Waals surface area contributed by atoms with Gasteiger partial charge in [-0.1, -0.05) is 13.0 Å². The van der Waals surface area contributed by atoms with Gasteiger partial charge in [0.05, 0.1) is 5.69 Å². The highest BCUT2D eigenvalue weighted by atomic mass is 32.2. The van der Waals surface area contributed by atoms with E-state index in [-0.39, 0.29) is 0 Å². The minimum absolute atomic E-state index is 0.417. The second-order valence-electron chi connectivity index (χ2n) is 5.33. The van der Waals surface area contributed by atoms with Gasteiger partial charge in [0.1, 0.15) is 0 Å². The van der Waals surface area contributed by atoms with Crippen LogP contribution < -0.4 is 13.9 Å². The van der Waals surface area contributed by atoms with Crippen molar-refractivity contribution in [2.24, 2.45) is 0 Å². The van der Waals surface area contributed by atoms with Crippen LogP contribution in [-0.4, -0.2) is 34.6 Å². The van der Waals surface area contributed by atoms with Crippen molar-refractivity contribution in [3.8, 4) is 0 Å². The maximum Gasteiger partial charge on any atom is 0.301 e. The van der Waals surface area contributed by atoms with Gasteiger partial charge in [0, 0.05) is 31.9 Å². The lowest BCUT2D eigenvalue weighted by molar-refractivity contribution is 0.580. The molecule has 0 bridgehead atoms. The number of nitrogens with zero attached hydrogens (tertiary/aromatic N) is 2. The predicted molar refractivity (Wildman–Crippen MR) is 81.5 cm³/mol. The van der Waals surface area contributed by atoms with Gasteiger partial charge in [0.15, 0.2) is 0 Å². The first-order chi connectivity index (χ1) is 9.62. The predicted octanol–water partition coefficient (Wildman–Crippen LogP) is 1.50. The summed E-state index contributed by atoms with van der Waals surface area (Å²) in [6, 6.07) is 6.22. The Labute approximate surface area is 120 Å². The molecule has 1 aromatic carbocycles. The Morgan fingerprint density at radius 3 is 2.65 bits per heavy atom. The van der Waals surface area contributed by atoms with Crippen molar-refractivity contribution in [3.63, 3.8) is 0 Å². The quantitative estimate of drug-likeness (QED) is 0.916. The van der Waals surface area contributed by atoms with Crippen LogP contribution in [0.2, 0.25) is 0 Å². The SMILES string of the molecule is CCNS(=O)(=O)N1CCc2ccc(N3CCCC3)cc21. The number of rotatable bonds is 4. The van der Waals surface area contributed by atoms with Crippen LogP contribution >= 0.6 is 0 Å². The molecule has 1 fully saturated rings. The van der Waals surface area contributed by atoms with E-state index in [1.54, 1.807) is 6.92 Å². The van der Waals surface area contributed by atoms with Crippen molar-refractivity contribution in [2.45, 2.75) is 26.2 Å². The highest BCUT2D eigenvalue weighted by molar-refractivity contribution is 7.90. The standard InChI is InChI=1S/C14H21N3O2S/c1-2-15-20(18,19)17-10-7-12-5-6-13(11-14(12)17)16-8-3-4-9-16/h5-6,11,15H,2-4,7-10H2,1H3. The van der Waals surface area contributed by atoms with E-state index in [9.17, 15) is 8.42 Å². The Morgan fingerprint density at radius 2 is 1.95 bits per heavy atom. The molecule has 0 atom stereocenters. The minimum Gasteiger partial charge on any atom is -0.371 e. The molecule has 2 aliphatic rings. The fraction of sp³-hybridized carbons (Fsp3) is 0.571. The van der Waals surface area contributed by atoms with Crippen molar-refractivity contribution < 1.29 is 8.42 Å². The zero-order valence-corrected chi connectivity index (χ0v) is 12.6. The Bertz CT molecular complexity index is 594. The summed E-state index contributed by atoms with van der Waals surface area (Å²) < 4.78 is 28.5. The highest BCUT2D eigenvalue weighted by Gasteiger charge is 2.29. The molecule has 110 valence electrons. The van der Waals surface area contributed by atoms with E-state index in [1.165, 1.54) is 17.1 Å². The molecular formula is C14H21N3O2S. The van der Waals surface area contributed by atoms with Crippen LogP contribution in [0.5, 0.6) is 0 Å². The van der Waals surface area contributed by atoms with E-state index in [4.69, 9.17) is 0 Å². The molecule has 0 aromatic heterocycles. The van der Waals surface area contributed by atoms with Gasteiger partial charge in [-0.25, -0.2) is 0 Å². The van der Waals surface area contributed by atoms with Gasteiger partial charge in [-0.15, -0.1) is 0 Å². The third kappa shape index (κ3) is 2.38. The van der Waals surface area contributed by atoms with Crippen LogP contribution in [0.1, 0.15) is 25.3 Å². The van der Waals surface area contributed by atoms with Gasteiger partial charge < -0.3 is 4.90 Å². The normalized spacial score (nSPS) is 18.6. The molecule has 0 saturated carbocycles. The first-order valence-corrected chi connectivity index (χ1v) is 8.71. The summed E-state index contributed by atoms with van der Waals surface area (Å²) in [7, 11) is -3.40. The third-order valence-corrected chi connectivity index (χ3v) is 5.62. The average molecular weight is 295 g/mol. The number of benzene rings is 1. The molecule has 2 aliphatic heterocycles. The van der Waals surface area contributed by atoms with E-state index in [1.807, 2.05) is 6.07 Å². The zero-order valence-electron chi connectivity index (χ0n) is 11.8. The topological polar surface area (TPSA) is 52.7 Å². The Balaban J connectivity index is 1.93. The molecule has 1 aromatic rings. The Hall–Kier alpha value is -1.27. The van der Waals surface area contributed by atoms with Crippen LogP contribution in [0.4, 0.5) is 11.4 Å². The molecule has 0 radical (unpaired) electrons. The molecule has 0 amide bonds. The van der Waals surface area contributed by atoms with Gasteiger partial charge in [-0.3, -0.25) is 4.31 Å². The van der Waals surface area contributed by atoms with Gasteiger partial charge in [0.2, 0.25) is 0 Å². The van der Waals surface area contributed by atoms with Crippen molar-refractivity contribution in [1.82, 2.24) is 4.72 Å². The maximum absolute atomic E-state index is 12.2. The monoisotopic (exact) mass is 295 g/mol. The van der Waals surface area contributed by atoms with Crippen molar-refractivity contribution >= 4 is 21.6 Å². The fourth-order valence-electron chi connectivity index (χ4n) is 3.02. The van der Waals surface area contributed by atoms with Gasteiger partial charge in [0.25, 0.3) is 0 Å². The molecule has 2 heterocycles. The first kappa shape index (κ1) is 13.7. The number of anilines is 2. The van der Waals surface area contributed by atoms with E-state index in [2.05, 4.69) is 21.8 Å². The fourth-order valence-corrected chi connectivity index (χ4v) is 4.30. The summed E-state index contributed by atoms with van der Waals surface area (Å²) >= 11 is 0. The van der Waals surface area contributed by atoms with E-state index >= 15 is 0 Å². The molecule has 0 unspecified atom stereocenters. The molecule has 1 N–H and O–H groups in total. The van der Waals surface area contributed by atoms with Crippen molar-refractivity contribution in [3.05, 3.63) is 23.8 Å². The van der Waals surface area contributed by atoms with Gasteiger partial charge in [-0.2, -0.15) is 13.1 Å². The largest absolute Gasteiger partial charge is 0.371 e. The lowest BCUT2D eigenvalue weighted by Gasteiger charge is -2.22. The van der Waals surface area contributed by atoms with Crippen LogP contribution in [0.15, 0.2) is 18.2 Å². The molecule has 5 nitrogen and oxygen atoms in total. The summed E-state index contributed by atoms with van der Waals surface area (Å²) in [6.45, 7) is 4.89. The molecule has 6 heteroatoms. The lowest BCUT2D eigenvalue weighted by atomic mass is 10.1.